The van der Waals surface area contributed by atoms with Gasteiger partial charge in [0.15, 0.2) is 0 Å². The molecule has 0 radical (unpaired) electrons. The third kappa shape index (κ3) is 23.0. The minimum Gasteiger partial charge on any atom is -0.471 e. The second kappa shape index (κ2) is 31.4. The van der Waals surface area contributed by atoms with Crippen molar-refractivity contribution in [3.05, 3.63) is 119 Å². The highest BCUT2D eigenvalue weighted by molar-refractivity contribution is 6.30. The SMILES string of the molecule is C/C(Cl)=C\CCl.C/C=C/C=C/N(CC/C1=C/C/C=C\CCC1)C(Cc1ccc(-c2cccc(C(F)(F)F)c2)cc1)=NC.CC.CC.COC=O. The molecule has 0 spiro atoms. The normalized spacial score (nSPS) is 14.8. The number of rotatable bonds is 10. The number of ether oxygens (including phenoxy) is 1. The van der Waals surface area contributed by atoms with E-state index in [-0.39, 0.29) is 0 Å². The first-order valence-electron chi connectivity index (χ1n) is 17.0. The fraction of sp³-hybridized carbons (Fsp3) is 0.415. The summed E-state index contributed by atoms with van der Waals surface area (Å²) in [6.07, 6.45) is 18.4. The number of hydrogen-bond donors (Lipinski definition) is 0. The lowest BCUT2D eigenvalue weighted by Gasteiger charge is -2.23. The van der Waals surface area contributed by atoms with Crippen LogP contribution in [0.5, 0.6) is 0 Å². The standard InChI is InChI=1S/C31H35F3N2.C4H6Cl2.C2H4O2.2C2H6/c1-3-4-10-21-36(22-20-25-12-8-6-5-7-9-13-25)30(35-2)23-26-16-18-27(19-17-26)28-14-11-15-29(24-28)31(32,33)34;1-4(6)2-3-5;1-4-2-3;2*1-2/h3-6,10-12,14-19,21,24H,7-9,13,20,22-23H2,1-2H3;2H,3H2,1H3;2H,1H3;2*1-2H3/b4-3+,6-5-,21-10+,25-12+,35-30?;4-2+;;;. The van der Waals surface area contributed by atoms with E-state index in [2.05, 4.69) is 39.1 Å². The number of aliphatic imine (C=N–C) groups is 1. The summed E-state index contributed by atoms with van der Waals surface area (Å²) in [7, 11) is 3.12. The molecule has 1 aliphatic carbocycles. The Hall–Kier alpha value is -3.55. The molecule has 1 aliphatic rings. The molecule has 0 saturated carbocycles. The molecule has 278 valence electrons. The predicted octanol–water partition coefficient (Wildman–Crippen LogP) is 13.0. The molecule has 0 saturated heterocycles. The van der Waals surface area contributed by atoms with Crippen LogP contribution < -0.4 is 0 Å². The van der Waals surface area contributed by atoms with Gasteiger partial charge in [-0.2, -0.15) is 13.2 Å². The number of carbonyl (C=O) groups is 1. The Kier molecular flexibility index (Phi) is 30.5. The van der Waals surface area contributed by atoms with Crippen molar-refractivity contribution in [1.29, 1.82) is 0 Å². The largest absolute Gasteiger partial charge is 0.471 e. The third-order valence-electron chi connectivity index (χ3n) is 6.71. The van der Waals surface area contributed by atoms with Crippen LogP contribution in [0.2, 0.25) is 0 Å². The number of allylic oxidation sites excluding steroid dienone is 8. The zero-order chi connectivity index (χ0) is 38.2. The number of nitrogens with zero attached hydrogens (tertiary/aromatic N) is 2. The predicted molar refractivity (Wildman–Crippen MR) is 211 cm³/mol. The number of alkyl halides is 4. The quantitative estimate of drug-likeness (QED) is 0.0609. The van der Waals surface area contributed by atoms with Gasteiger partial charge in [-0.3, -0.25) is 9.79 Å². The lowest BCUT2D eigenvalue weighted by Crippen LogP contribution is -2.29. The lowest BCUT2D eigenvalue weighted by atomic mass is 10.00. The van der Waals surface area contributed by atoms with Crippen LogP contribution in [-0.2, 0) is 22.1 Å². The fourth-order valence-corrected chi connectivity index (χ4v) is 4.72. The first-order chi connectivity index (χ1) is 24.1. The van der Waals surface area contributed by atoms with Gasteiger partial charge >= 0.3 is 6.18 Å². The average Bonchev–Trinajstić information content (AvgIpc) is 3.11. The molecule has 0 heterocycles. The number of amidine groups is 1. The molecule has 0 amide bonds. The second-order valence-electron chi connectivity index (χ2n) is 10.1. The van der Waals surface area contributed by atoms with E-state index in [9.17, 15) is 13.2 Å². The number of carbonyl (C=O) groups excluding carboxylic acids is 1. The van der Waals surface area contributed by atoms with E-state index in [1.807, 2.05) is 84.2 Å². The number of methoxy groups -OCH3 is 1. The van der Waals surface area contributed by atoms with Gasteiger partial charge in [-0.1, -0.05) is 118 Å². The summed E-state index contributed by atoms with van der Waals surface area (Å²) in [6.45, 7) is 13.0. The Morgan fingerprint density at radius 1 is 1.02 bits per heavy atom. The summed E-state index contributed by atoms with van der Waals surface area (Å²) >= 11 is 10.6. The molecule has 0 N–H and O–H groups in total. The van der Waals surface area contributed by atoms with Gasteiger partial charge in [0.05, 0.1) is 12.7 Å². The molecule has 50 heavy (non-hydrogen) atoms. The van der Waals surface area contributed by atoms with Gasteiger partial charge in [0.2, 0.25) is 0 Å². The fourth-order valence-electron chi connectivity index (χ4n) is 4.33. The third-order valence-corrected chi connectivity index (χ3v) is 7.01. The summed E-state index contributed by atoms with van der Waals surface area (Å²) in [6, 6.07) is 13.1. The van der Waals surface area contributed by atoms with Crippen molar-refractivity contribution < 1.29 is 22.7 Å². The molecular weight excluding hydrogens is 680 g/mol. The number of halogens is 5. The number of hydrogen-bond acceptors (Lipinski definition) is 3. The Morgan fingerprint density at radius 2 is 1.68 bits per heavy atom. The van der Waals surface area contributed by atoms with E-state index in [0.29, 0.717) is 24.3 Å². The van der Waals surface area contributed by atoms with Crippen LogP contribution in [0, 0.1) is 0 Å². The second-order valence-corrected chi connectivity index (χ2v) is 11.0. The molecular formula is C41H57Cl2F3N2O2. The minimum atomic E-state index is -4.35. The molecule has 0 aliphatic heterocycles. The summed E-state index contributed by atoms with van der Waals surface area (Å²) in [5.41, 5.74) is 3.23. The van der Waals surface area contributed by atoms with Gasteiger partial charge in [0.25, 0.3) is 6.47 Å². The molecule has 0 fully saturated rings. The van der Waals surface area contributed by atoms with E-state index in [0.717, 1.165) is 60.3 Å². The highest BCUT2D eigenvalue weighted by Crippen LogP contribution is 2.32. The van der Waals surface area contributed by atoms with Gasteiger partial charge in [-0.25, -0.2) is 0 Å². The van der Waals surface area contributed by atoms with E-state index in [1.54, 1.807) is 19.1 Å². The maximum absolute atomic E-state index is 13.1. The van der Waals surface area contributed by atoms with Gasteiger partial charge in [-0.15, -0.1) is 11.6 Å². The van der Waals surface area contributed by atoms with Gasteiger partial charge in [0.1, 0.15) is 5.84 Å². The first kappa shape index (κ1) is 48.6. The molecule has 0 unspecified atom stereocenters. The van der Waals surface area contributed by atoms with Crippen molar-refractivity contribution in [3.63, 3.8) is 0 Å². The zero-order valence-electron chi connectivity index (χ0n) is 31.1. The summed E-state index contributed by atoms with van der Waals surface area (Å²) < 4.78 is 43.2. The zero-order valence-corrected chi connectivity index (χ0v) is 32.6. The monoisotopic (exact) mass is 736 g/mol. The van der Waals surface area contributed by atoms with E-state index in [4.69, 9.17) is 28.0 Å². The molecule has 2 aromatic rings. The molecule has 0 atom stereocenters. The van der Waals surface area contributed by atoms with E-state index >= 15 is 0 Å². The molecule has 0 aromatic heterocycles. The van der Waals surface area contributed by atoms with Gasteiger partial charge < -0.3 is 9.64 Å². The topological polar surface area (TPSA) is 41.9 Å². The van der Waals surface area contributed by atoms with Crippen LogP contribution in [0.3, 0.4) is 0 Å². The Bertz CT molecular complexity index is 1340. The van der Waals surface area contributed by atoms with Crippen molar-refractivity contribution in [3.8, 4) is 11.1 Å². The van der Waals surface area contributed by atoms with Crippen LogP contribution in [0.25, 0.3) is 11.1 Å². The lowest BCUT2D eigenvalue weighted by molar-refractivity contribution is -0.137. The van der Waals surface area contributed by atoms with Crippen LogP contribution >= 0.6 is 23.2 Å². The van der Waals surface area contributed by atoms with Crippen molar-refractivity contribution >= 4 is 35.5 Å². The van der Waals surface area contributed by atoms with Crippen LogP contribution in [-0.4, -0.2) is 43.8 Å². The Labute approximate surface area is 310 Å². The highest BCUT2D eigenvalue weighted by Gasteiger charge is 2.30. The average molecular weight is 738 g/mol. The van der Waals surface area contributed by atoms with Crippen LogP contribution in [0.15, 0.2) is 113 Å². The molecule has 4 nitrogen and oxygen atoms in total. The smallest absolute Gasteiger partial charge is 0.416 e. The maximum Gasteiger partial charge on any atom is 0.416 e. The van der Waals surface area contributed by atoms with Crippen molar-refractivity contribution in [2.24, 2.45) is 4.99 Å². The summed E-state index contributed by atoms with van der Waals surface area (Å²) in [5, 5.41) is 0.755. The van der Waals surface area contributed by atoms with Crippen molar-refractivity contribution in [2.75, 3.05) is 26.6 Å². The van der Waals surface area contributed by atoms with Gasteiger partial charge in [0, 0.05) is 37.1 Å². The Morgan fingerprint density at radius 3 is 2.20 bits per heavy atom. The van der Waals surface area contributed by atoms with Crippen LogP contribution in [0.4, 0.5) is 13.2 Å². The molecule has 0 bridgehead atoms. The minimum absolute atomic E-state index is 0.375. The van der Waals surface area contributed by atoms with Crippen molar-refractivity contribution in [2.45, 2.75) is 86.2 Å². The summed E-state index contributed by atoms with van der Waals surface area (Å²) in [5.74, 6) is 1.46. The Balaban J connectivity index is 0. The first-order valence-corrected chi connectivity index (χ1v) is 18.0. The van der Waals surface area contributed by atoms with Crippen molar-refractivity contribution in [1.82, 2.24) is 4.90 Å². The maximum atomic E-state index is 13.1. The number of benzene rings is 2. The molecule has 9 heteroatoms. The molecule has 3 rings (SSSR count). The highest BCUT2D eigenvalue weighted by atomic mass is 35.5. The van der Waals surface area contributed by atoms with Gasteiger partial charge in [-0.05, 0) is 80.9 Å². The van der Waals surface area contributed by atoms with E-state index < -0.39 is 11.7 Å². The van der Waals surface area contributed by atoms with E-state index in [1.165, 1.54) is 31.2 Å². The summed E-state index contributed by atoms with van der Waals surface area (Å²) in [4.78, 5) is 15.7. The molecule has 2 aromatic carbocycles. The van der Waals surface area contributed by atoms with Crippen LogP contribution in [0.1, 0.15) is 84.8 Å².